The first kappa shape index (κ1) is 16.4. The van der Waals surface area contributed by atoms with Crippen LogP contribution in [0.5, 0.6) is 0 Å². The fraction of sp³-hybridized carbons (Fsp3) is 0.267. The van der Waals surface area contributed by atoms with E-state index in [2.05, 4.69) is 15.9 Å². The Labute approximate surface area is 132 Å². The minimum Gasteiger partial charge on any atom is -0.303 e. The highest BCUT2D eigenvalue weighted by Crippen LogP contribution is 2.52. The van der Waals surface area contributed by atoms with E-state index in [4.69, 9.17) is 9.05 Å². The molecular weight excluding hydrogens is 355 g/mol. The molecule has 0 N–H and O–H groups in total. The number of hydrogen-bond acceptors (Lipinski definition) is 4. The number of halogens is 1. The number of carbonyl (C=O) groups is 1. The largest absolute Gasteiger partial charge is 0.401 e. The molecule has 0 radical (unpaired) electrons. The van der Waals surface area contributed by atoms with E-state index in [1.54, 1.807) is 19.9 Å². The lowest BCUT2D eigenvalue weighted by atomic mass is 10.1. The molecule has 4 nitrogen and oxygen atoms in total. The van der Waals surface area contributed by atoms with Crippen molar-refractivity contribution in [1.29, 1.82) is 0 Å². The second kappa shape index (κ2) is 6.84. The van der Waals surface area contributed by atoms with Gasteiger partial charge in [-0.25, -0.2) is 0 Å². The van der Waals surface area contributed by atoms with Crippen molar-refractivity contribution < 1.29 is 18.4 Å². The predicted octanol–water partition coefficient (Wildman–Crippen LogP) is 5.01. The van der Waals surface area contributed by atoms with Crippen LogP contribution in [0.15, 0.2) is 40.9 Å². The Kier molecular flexibility index (Phi) is 5.33. The van der Waals surface area contributed by atoms with E-state index in [1.165, 1.54) is 0 Å². The van der Waals surface area contributed by atoms with Crippen LogP contribution in [0.25, 0.3) is 10.8 Å². The van der Waals surface area contributed by atoms with E-state index in [0.29, 0.717) is 10.0 Å². The summed E-state index contributed by atoms with van der Waals surface area (Å²) >= 11 is 3.42. The molecule has 2 rings (SSSR count). The Morgan fingerprint density at radius 2 is 1.71 bits per heavy atom. The highest BCUT2D eigenvalue weighted by Gasteiger charge is 2.36. The minimum atomic E-state index is -3.81. The Bertz CT molecular complexity index is 704. The molecule has 0 aliphatic carbocycles. The number of carbonyl (C=O) groups excluding carboxylic acids is 1. The summed E-state index contributed by atoms with van der Waals surface area (Å²) in [5.41, 5.74) is -0.317. The van der Waals surface area contributed by atoms with Crippen molar-refractivity contribution in [3.8, 4) is 0 Å². The van der Waals surface area contributed by atoms with Gasteiger partial charge in [0, 0.05) is 10.0 Å². The molecular formula is C15H16BrO4P. The second-order valence-electron chi connectivity index (χ2n) is 4.29. The van der Waals surface area contributed by atoms with Crippen molar-refractivity contribution in [2.75, 3.05) is 13.2 Å². The molecule has 0 saturated carbocycles. The van der Waals surface area contributed by atoms with Gasteiger partial charge in [-0.2, -0.15) is 0 Å². The average Bonchev–Trinajstić information content (AvgIpc) is 2.48. The minimum absolute atomic E-state index is 0.147. The van der Waals surface area contributed by atoms with Crippen LogP contribution in [0.4, 0.5) is 0 Å². The van der Waals surface area contributed by atoms with Crippen LogP contribution in [-0.4, -0.2) is 18.7 Å². The van der Waals surface area contributed by atoms with Gasteiger partial charge in [0.2, 0.25) is 0 Å². The quantitative estimate of drug-likeness (QED) is 0.670. The van der Waals surface area contributed by atoms with E-state index in [0.717, 1.165) is 10.8 Å². The molecule has 0 amide bonds. The van der Waals surface area contributed by atoms with Crippen molar-refractivity contribution in [3.05, 3.63) is 46.4 Å². The lowest BCUT2D eigenvalue weighted by molar-refractivity contribution is 0.100. The number of hydrogen-bond donors (Lipinski definition) is 0. The predicted molar refractivity (Wildman–Crippen MR) is 86.8 cm³/mol. The van der Waals surface area contributed by atoms with Crippen LogP contribution in [0, 0.1) is 0 Å². The van der Waals surface area contributed by atoms with Crippen LogP contribution in [-0.2, 0) is 13.6 Å². The van der Waals surface area contributed by atoms with Crippen molar-refractivity contribution in [1.82, 2.24) is 0 Å². The maximum Gasteiger partial charge on any atom is 0.401 e. The van der Waals surface area contributed by atoms with Gasteiger partial charge in [0.15, 0.2) is 0 Å². The standard InChI is InChI=1S/C15H16BrO4P/c1-3-19-21(18,20-4-2)15(17)13-10-9-11-7-5-6-8-12(11)14(13)16/h5-10H,3-4H2,1-2H3. The molecule has 0 aromatic heterocycles. The van der Waals surface area contributed by atoms with Gasteiger partial charge in [-0.15, -0.1) is 0 Å². The normalized spacial score (nSPS) is 11.8. The smallest absolute Gasteiger partial charge is 0.303 e. The zero-order valence-corrected chi connectivity index (χ0v) is 14.3. The maximum atomic E-state index is 12.6. The van der Waals surface area contributed by atoms with Gasteiger partial charge in [-0.1, -0.05) is 30.3 Å². The maximum absolute atomic E-state index is 12.6. The van der Waals surface area contributed by atoms with Crippen LogP contribution < -0.4 is 0 Å². The topological polar surface area (TPSA) is 52.6 Å². The Balaban J connectivity index is 2.52. The first-order valence-corrected chi connectivity index (χ1v) is 8.98. The third-order valence-electron chi connectivity index (χ3n) is 2.94. The fourth-order valence-corrected chi connectivity index (χ4v) is 4.34. The van der Waals surface area contributed by atoms with Gasteiger partial charge in [0.05, 0.1) is 13.2 Å². The molecule has 0 heterocycles. The summed E-state index contributed by atoms with van der Waals surface area (Å²) in [5.74, 6) is 0. The Morgan fingerprint density at radius 1 is 1.10 bits per heavy atom. The summed E-state index contributed by atoms with van der Waals surface area (Å²) in [5, 5.41) is 1.87. The first-order valence-electron chi connectivity index (χ1n) is 6.64. The number of benzene rings is 2. The van der Waals surface area contributed by atoms with Gasteiger partial charge in [0.1, 0.15) is 0 Å². The molecule has 0 saturated heterocycles. The molecule has 21 heavy (non-hydrogen) atoms. The van der Waals surface area contributed by atoms with E-state index >= 15 is 0 Å². The molecule has 6 heteroatoms. The van der Waals surface area contributed by atoms with Crippen molar-refractivity contribution in [2.24, 2.45) is 0 Å². The highest BCUT2D eigenvalue weighted by molar-refractivity contribution is 9.10. The SMILES string of the molecule is CCOP(=O)(OCC)C(=O)c1ccc2ccccc2c1Br. The van der Waals surface area contributed by atoms with Gasteiger partial charge in [-0.05, 0) is 46.6 Å². The van der Waals surface area contributed by atoms with Crippen LogP contribution in [0.3, 0.4) is 0 Å². The lowest BCUT2D eigenvalue weighted by Gasteiger charge is -2.16. The van der Waals surface area contributed by atoms with E-state index in [1.807, 2.05) is 30.3 Å². The molecule has 2 aromatic rings. The fourth-order valence-electron chi connectivity index (χ4n) is 2.04. The van der Waals surface area contributed by atoms with Crippen LogP contribution in [0.2, 0.25) is 0 Å². The first-order chi connectivity index (χ1) is 10.0. The molecule has 0 aliphatic rings. The van der Waals surface area contributed by atoms with Gasteiger partial charge in [0.25, 0.3) is 5.52 Å². The Morgan fingerprint density at radius 3 is 2.33 bits per heavy atom. The van der Waals surface area contributed by atoms with Crippen molar-refractivity contribution >= 4 is 39.8 Å². The van der Waals surface area contributed by atoms with Crippen molar-refractivity contribution in [2.45, 2.75) is 13.8 Å². The summed E-state index contributed by atoms with van der Waals surface area (Å²) in [6.45, 7) is 3.64. The monoisotopic (exact) mass is 370 g/mol. The zero-order chi connectivity index (χ0) is 15.5. The van der Waals surface area contributed by atoms with Gasteiger partial charge in [-0.3, -0.25) is 9.36 Å². The molecule has 112 valence electrons. The zero-order valence-electron chi connectivity index (χ0n) is 11.8. The molecule has 2 aromatic carbocycles. The van der Waals surface area contributed by atoms with Gasteiger partial charge >= 0.3 is 7.60 Å². The summed E-state index contributed by atoms with van der Waals surface area (Å²) in [7, 11) is -3.81. The molecule has 0 atom stereocenters. The number of rotatable bonds is 6. The van der Waals surface area contributed by atoms with E-state index in [9.17, 15) is 9.36 Å². The number of fused-ring (bicyclic) bond motifs is 1. The molecule has 0 unspecified atom stereocenters. The molecule has 0 aliphatic heterocycles. The van der Waals surface area contributed by atoms with Crippen LogP contribution >= 0.6 is 23.5 Å². The lowest BCUT2D eigenvalue weighted by Crippen LogP contribution is -2.08. The highest BCUT2D eigenvalue weighted by atomic mass is 79.9. The second-order valence-corrected chi connectivity index (χ2v) is 7.00. The van der Waals surface area contributed by atoms with Crippen molar-refractivity contribution in [3.63, 3.8) is 0 Å². The van der Waals surface area contributed by atoms with E-state index < -0.39 is 13.1 Å². The average molecular weight is 371 g/mol. The molecule has 0 spiro atoms. The van der Waals surface area contributed by atoms with Crippen LogP contribution in [0.1, 0.15) is 24.2 Å². The van der Waals surface area contributed by atoms with E-state index in [-0.39, 0.29) is 13.2 Å². The third kappa shape index (κ3) is 3.27. The molecule has 0 bridgehead atoms. The Hall–Kier alpha value is -1.00. The molecule has 0 fully saturated rings. The third-order valence-corrected chi connectivity index (χ3v) is 5.73. The summed E-state index contributed by atoms with van der Waals surface area (Å²) in [6.07, 6.45) is 0. The summed E-state index contributed by atoms with van der Waals surface area (Å²) in [4.78, 5) is 12.6. The summed E-state index contributed by atoms with van der Waals surface area (Å²) in [6, 6.07) is 11.1. The van der Waals surface area contributed by atoms with Gasteiger partial charge < -0.3 is 9.05 Å². The summed E-state index contributed by atoms with van der Waals surface area (Å²) < 4.78 is 23.4.